The lowest BCUT2D eigenvalue weighted by Crippen LogP contribution is -2.44. The van der Waals surface area contributed by atoms with Crippen molar-refractivity contribution in [2.75, 3.05) is 6.26 Å². The zero-order valence-corrected chi connectivity index (χ0v) is 12.8. The Morgan fingerprint density at radius 2 is 1.89 bits per heavy atom. The van der Waals surface area contributed by atoms with Gasteiger partial charge in [-0.15, -0.1) is 0 Å². The summed E-state index contributed by atoms with van der Waals surface area (Å²) in [7, 11) is -3.36. The van der Waals surface area contributed by atoms with Crippen molar-refractivity contribution in [3.63, 3.8) is 0 Å². The number of halogens is 2. The van der Waals surface area contributed by atoms with Crippen LogP contribution in [-0.4, -0.2) is 30.6 Å². The maximum Gasteiger partial charge on any atom is 0.155 e. The quantitative estimate of drug-likeness (QED) is 0.930. The maximum atomic E-state index is 11.6. The molecule has 0 saturated carbocycles. The van der Waals surface area contributed by atoms with Crippen LogP contribution in [-0.2, 0) is 16.3 Å². The topological polar surface area (TPSA) is 54.4 Å². The van der Waals surface area contributed by atoms with E-state index < -0.39 is 20.7 Å². The molecule has 18 heavy (non-hydrogen) atoms. The molecule has 0 saturated heterocycles. The van der Waals surface area contributed by atoms with Crippen LogP contribution in [0.5, 0.6) is 0 Å². The largest absolute Gasteiger partial charge is 0.391 e. The summed E-state index contributed by atoms with van der Waals surface area (Å²) in [5.41, 5.74) is 0.672. The fourth-order valence-corrected chi connectivity index (χ4v) is 2.45. The molecule has 6 heteroatoms. The number of rotatable bonds is 4. The standard InChI is InChI=1S/C12H16Cl2O3S/c1-12(2,18(3,16)17)11(15)6-8-4-5-9(13)7-10(8)14/h4-5,7,11,15H,6H2,1-3H3. The molecule has 0 amide bonds. The summed E-state index contributed by atoms with van der Waals surface area (Å²) in [6, 6.07) is 4.91. The molecule has 1 atom stereocenters. The third-order valence-electron chi connectivity index (χ3n) is 3.19. The Morgan fingerprint density at radius 1 is 1.33 bits per heavy atom. The highest BCUT2D eigenvalue weighted by atomic mass is 35.5. The molecule has 0 spiro atoms. The lowest BCUT2D eigenvalue weighted by Gasteiger charge is -2.28. The molecule has 0 heterocycles. The Balaban J connectivity index is 2.98. The predicted octanol–water partition coefficient (Wildman–Crippen LogP) is 2.72. The van der Waals surface area contributed by atoms with E-state index in [4.69, 9.17) is 23.2 Å². The Morgan fingerprint density at radius 3 is 2.33 bits per heavy atom. The van der Waals surface area contributed by atoms with Crippen LogP contribution in [0.4, 0.5) is 0 Å². The zero-order chi connectivity index (χ0) is 14.1. The number of hydrogen-bond acceptors (Lipinski definition) is 3. The normalized spacial score (nSPS) is 14.6. The van der Waals surface area contributed by atoms with E-state index in [1.807, 2.05) is 0 Å². The van der Waals surface area contributed by atoms with Crippen LogP contribution in [0.2, 0.25) is 10.0 Å². The fraction of sp³-hybridized carbons (Fsp3) is 0.500. The summed E-state index contributed by atoms with van der Waals surface area (Å²) >= 11 is 11.8. The highest BCUT2D eigenvalue weighted by Crippen LogP contribution is 2.27. The van der Waals surface area contributed by atoms with Crippen molar-refractivity contribution >= 4 is 33.0 Å². The average Bonchev–Trinajstić information content (AvgIpc) is 2.20. The molecule has 1 rings (SSSR count). The predicted molar refractivity (Wildman–Crippen MR) is 75.1 cm³/mol. The van der Waals surface area contributed by atoms with Crippen molar-refractivity contribution in [2.24, 2.45) is 0 Å². The van der Waals surface area contributed by atoms with Gasteiger partial charge in [-0.25, -0.2) is 8.42 Å². The number of aliphatic hydroxyl groups is 1. The van der Waals surface area contributed by atoms with Crippen molar-refractivity contribution in [2.45, 2.75) is 31.1 Å². The highest BCUT2D eigenvalue weighted by molar-refractivity contribution is 7.92. The number of aliphatic hydroxyl groups excluding tert-OH is 1. The SMILES string of the molecule is CC(C)(C(O)Cc1ccc(Cl)cc1Cl)S(C)(=O)=O. The summed E-state index contributed by atoms with van der Waals surface area (Å²) in [5.74, 6) is 0. The number of benzene rings is 1. The Hall–Kier alpha value is -0.290. The van der Waals surface area contributed by atoms with Crippen LogP contribution >= 0.6 is 23.2 Å². The third kappa shape index (κ3) is 3.38. The van der Waals surface area contributed by atoms with E-state index >= 15 is 0 Å². The summed E-state index contributed by atoms with van der Waals surface area (Å²) in [6.45, 7) is 2.99. The fourth-order valence-electron chi connectivity index (χ4n) is 1.39. The smallest absolute Gasteiger partial charge is 0.155 e. The van der Waals surface area contributed by atoms with E-state index in [0.717, 1.165) is 6.26 Å². The Bertz CT molecular complexity index is 538. The zero-order valence-electron chi connectivity index (χ0n) is 10.4. The molecular weight excluding hydrogens is 295 g/mol. The molecule has 0 fully saturated rings. The van der Waals surface area contributed by atoms with E-state index in [2.05, 4.69) is 0 Å². The van der Waals surface area contributed by atoms with Gasteiger partial charge in [-0.2, -0.15) is 0 Å². The first kappa shape index (κ1) is 15.8. The van der Waals surface area contributed by atoms with E-state index in [1.165, 1.54) is 13.8 Å². The molecule has 0 aliphatic rings. The minimum absolute atomic E-state index is 0.163. The van der Waals surface area contributed by atoms with E-state index in [0.29, 0.717) is 15.6 Å². The summed E-state index contributed by atoms with van der Waals surface area (Å²) in [6.07, 6.45) is 0.238. The molecule has 1 unspecified atom stereocenters. The van der Waals surface area contributed by atoms with Gasteiger partial charge in [0.05, 0.1) is 10.9 Å². The van der Waals surface area contributed by atoms with Crippen LogP contribution in [0.25, 0.3) is 0 Å². The summed E-state index contributed by atoms with van der Waals surface area (Å²) in [5, 5.41) is 11.0. The van der Waals surface area contributed by atoms with Crippen molar-refractivity contribution in [3.8, 4) is 0 Å². The molecule has 0 bridgehead atoms. The molecule has 1 aromatic carbocycles. The van der Waals surface area contributed by atoms with Crippen LogP contribution in [0.3, 0.4) is 0 Å². The number of hydrogen-bond donors (Lipinski definition) is 1. The van der Waals surface area contributed by atoms with Crippen LogP contribution in [0, 0.1) is 0 Å². The van der Waals surface area contributed by atoms with Gasteiger partial charge in [0.25, 0.3) is 0 Å². The molecule has 0 aliphatic carbocycles. The molecule has 3 nitrogen and oxygen atoms in total. The first-order valence-electron chi connectivity index (χ1n) is 5.37. The van der Waals surface area contributed by atoms with Crippen LogP contribution in [0.15, 0.2) is 18.2 Å². The van der Waals surface area contributed by atoms with Crippen molar-refractivity contribution in [1.29, 1.82) is 0 Å². The maximum absolute atomic E-state index is 11.6. The molecule has 1 N–H and O–H groups in total. The molecule has 102 valence electrons. The second-order valence-corrected chi connectivity index (χ2v) is 8.27. The van der Waals surface area contributed by atoms with Gasteiger partial charge in [0.2, 0.25) is 0 Å². The van der Waals surface area contributed by atoms with Gasteiger partial charge in [0.1, 0.15) is 0 Å². The van der Waals surface area contributed by atoms with Gasteiger partial charge in [-0.05, 0) is 31.5 Å². The van der Waals surface area contributed by atoms with Crippen LogP contribution < -0.4 is 0 Å². The molecular formula is C12H16Cl2O3S. The molecule has 0 aliphatic heterocycles. The average molecular weight is 311 g/mol. The van der Waals surface area contributed by atoms with Crippen molar-refractivity contribution in [1.82, 2.24) is 0 Å². The molecule has 0 aromatic heterocycles. The minimum atomic E-state index is -3.36. The second kappa shape index (κ2) is 5.37. The molecule has 0 radical (unpaired) electrons. The summed E-state index contributed by atoms with van der Waals surface area (Å²) in [4.78, 5) is 0. The lowest BCUT2D eigenvalue weighted by molar-refractivity contribution is 0.138. The van der Waals surface area contributed by atoms with Crippen molar-refractivity contribution in [3.05, 3.63) is 33.8 Å². The van der Waals surface area contributed by atoms with Gasteiger partial charge in [0.15, 0.2) is 9.84 Å². The van der Waals surface area contributed by atoms with Gasteiger partial charge < -0.3 is 5.11 Å². The van der Waals surface area contributed by atoms with Gasteiger partial charge in [-0.1, -0.05) is 29.3 Å². The highest BCUT2D eigenvalue weighted by Gasteiger charge is 2.38. The van der Waals surface area contributed by atoms with Gasteiger partial charge >= 0.3 is 0 Å². The Labute approximate surface area is 118 Å². The first-order chi connectivity index (χ1) is 8.05. The summed E-state index contributed by atoms with van der Waals surface area (Å²) < 4.78 is 22.0. The minimum Gasteiger partial charge on any atom is -0.391 e. The molecule has 1 aromatic rings. The number of sulfone groups is 1. The van der Waals surface area contributed by atoms with E-state index in [9.17, 15) is 13.5 Å². The monoisotopic (exact) mass is 310 g/mol. The second-order valence-electron chi connectivity index (χ2n) is 4.83. The van der Waals surface area contributed by atoms with Crippen molar-refractivity contribution < 1.29 is 13.5 Å². The van der Waals surface area contributed by atoms with Gasteiger partial charge in [-0.3, -0.25) is 0 Å². The van der Waals surface area contributed by atoms with Gasteiger partial charge in [0, 0.05) is 22.7 Å². The van der Waals surface area contributed by atoms with E-state index in [1.54, 1.807) is 18.2 Å². The third-order valence-corrected chi connectivity index (χ3v) is 5.96. The first-order valence-corrected chi connectivity index (χ1v) is 8.02. The van der Waals surface area contributed by atoms with Crippen LogP contribution in [0.1, 0.15) is 19.4 Å². The Kier molecular flexibility index (Phi) is 4.70. The van der Waals surface area contributed by atoms with E-state index in [-0.39, 0.29) is 6.42 Å². The lowest BCUT2D eigenvalue weighted by atomic mass is 9.98.